The van der Waals surface area contributed by atoms with Crippen LogP contribution < -0.4 is 0 Å². The molecule has 86 valence electrons. The lowest BCUT2D eigenvalue weighted by Crippen LogP contribution is -2.60. The average molecular weight is 213 g/mol. The van der Waals surface area contributed by atoms with E-state index >= 15 is 0 Å². The number of nitrogens with zero attached hydrogens (tertiary/aromatic N) is 1. The van der Waals surface area contributed by atoms with E-state index in [1.807, 2.05) is 7.05 Å². The number of aliphatic hydroxyl groups excluding tert-OH is 1. The Kier molecular flexibility index (Phi) is 2.73. The summed E-state index contributed by atoms with van der Waals surface area (Å²) in [6.45, 7) is 0.982. The highest BCUT2D eigenvalue weighted by atomic mass is 16.4. The highest BCUT2D eigenvalue weighted by Crippen LogP contribution is 2.48. The smallest absolute Gasteiger partial charge is 0.311 e. The van der Waals surface area contributed by atoms with Gasteiger partial charge in [-0.2, -0.15) is 0 Å². The average Bonchev–Trinajstić information content (AvgIpc) is 2.13. The van der Waals surface area contributed by atoms with Gasteiger partial charge in [0.15, 0.2) is 0 Å². The zero-order valence-electron chi connectivity index (χ0n) is 9.15. The van der Waals surface area contributed by atoms with E-state index in [1.54, 1.807) is 0 Å². The van der Waals surface area contributed by atoms with Gasteiger partial charge in [-0.3, -0.25) is 4.79 Å². The quantitative estimate of drug-likeness (QED) is 0.708. The lowest BCUT2D eigenvalue weighted by molar-refractivity contribution is -0.174. The topological polar surface area (TPSA) is 60.8 Å². The normalized spacial score (nSPS) is 42.3. The van der Waals surface area contributed by atoms with Crippen LogP contribution in [0, 0.1) is 5.41 Å². The van der Waals surface area contributed by atoms with Gasteiger partial charge in [0.05, 0.1) is 11.5 Å². The number of hydrogen-bond donors (Lipinski definition) is 2. The van der Waals surface area contributed by atoms with Crippen LogP contribution in [0.4, 0.5) is 0 Å². The number of rotatable bonds is 2. The molecule has 0 spiro atoms. The van der Waals surface area contributed by atoms with E-state index in [0.717, 1.165) is 25.8 Å². The number of aliphatic carboxylic acids is 1. The maximum Gasteiger partial charge on any atom is 0.311 e. The Morgan fingerprint density at radius 2 is 2.07 bits per heavy atom. The number of carboxylic acid groups (broad SMARTS) is 1. The van der Waals surface area contributed by atoms with Crippen LogP contribution in [0.1, 0.15) is 32.1 Å². The largest absolute Gasteiger partial charge is 0.481 e. The molecule has 1 heterocycles. The van der Waals surface area contributed by atoms with Crippen LogP contribution in [0.2, 0.25) is 0 Å². The zero-order chi connectivity index (χ0) is 11.1. The fraction of sp³-hybridized carbons (Fsp3) is 0.909. The summed E-state index contributed by atoms with van der Waals surface area (Å²) in [4.78, 5) is 13.5. The van der Waals surface area contributed by atoms with Crippen LogP contribution >= 0.6 is 0 Å². The van der Waals surface area contributed by atoms with Gasteiger partial charge >= 0.3 is 5.97 Å². The van der Waals surface area contributed by atoms with Crippen LogP contribution in [-0.4, -0.2) is 46.8 Å². The second kappa shape index (κ2) is 3.76. The molecule has 1 saturated heterocycles. The second-order valence-corrected chi connectivity index (χ2v) is 5.02. The zero-order valence-corrected chi connectivity index (χ0v) is 9.15. The van der Waals surface area contributed by atoms with Gasteiger partial charge in [-0.1, -0.05) is 6.42 Å². The van der Waals surface area contributed by atoms with Crippen LogP contribution in [0.3, 0.4) is 0 Å². The summed E-state index contributed by atoms with van der Waals surface area (Å²) in [7, 11) is 2.00. The fourth-order valence-corrected chi connectivity index (χ4v) is 3.14. The van der Waals surface area contributed by atoms with Crippen molar-refractivity contribution < 1.29 is 15.0 Å². The summed E-state index contributed by atoms with van der Waals surface area (Å²) in [5.41, 5.74) is -0.672. The molecule has 4 heteroatoms. The molecule has 2 rings (SSSR count). The number of likely N-dealkylation sites (tertiary alicyclic amines) is 1. The third-order valence-electron chi connectivity index (χ3n) is 4.03. The third kappa shape index (κ3) is 1.66. The first kappa shape index (κ1) is 10.9. The fourth-order valence-electron chi connectivity index (χ4n) is 3.14. The summed E-state index contributed by atoms with van der Waals surface area (Å²) >= 11 is 0. The highest BCUT2D eigenvalue weighted by Gasteiger charge is 2.56. The van der Waals surface area contributed by atoms with Gasteiger partial charge < -0.3 is 15.1 Å². The number of carbonyl (C=O) groups is 1. The first-order valence-corrected chi connectivity index (χ1v) is 5.68. The number of carboxylic acids is 1. The Balaban J connectivity index is 2.14. The van der Waals surface area contributed by atoms with E-state index < -0.39 is 17.5 Å². The molecule has 1 saturated carbocycles. The summed E-state index contributed by atoms with van der Waals surface area (Å²) in [6.07, 6.45) is 3.67. The molecular formula is C11H19NO3. The first-order chi connectivity index (χ1) is 7.06. The highest BCUT2D eigenvalue weighted by molar-refractivity contribution is 5.77. The second-order valence-electron chi connectivity index (χ2n) is 5.02. The Hall–Kier alpha value is -0.610. The summed E-state index contributed by atoms with van der Waals surface area (Å²) in [5.74, 6) is -0.730. The predicted octanol–water partition coefficient (Wildman–Crippen LogP) is 0.696. The molecule has 0 amide bonds. The molecular weight excluding hydrogens is 194 g/mol. The van der Waals surface area contributed by atoms with Gasteiger partial charge in [-0.25, -0.2) is 0 Å². The molecule has 0 bridgehead atoms. The number of hydrogen-bond acceptors (Lipinski definition) is 3. The van der Waals surface area contributed by atoms with Crippen molar-refractivity contribution in [1.82, 2.24) is 4.90 Å². The van der Waals surface area contributed by atoms with Gasteiger partial charge in [0.1, 0.15) is 0 Å². The third-order valence-corrected chi connectivity index (χ3v) is 4.03. The van der Waals surface area contributed by atoms with Gasteiger partial charge in [0, 0.05) is 6.04 Å². The number of piperidine rings is 1. The SMILES string of the molecule is CN1CCCCC1C1(C(=O)O)CC(O)C1. The number of aliphatic hydroxyl groups is 1. The van der Waals surface area contributed by atoms with Gasteiger partial charge in [0.2, 0.25) is 0 Å². The van der Waals surface area contributed by atoms with Crippen molar-refractivity contribution in [3.8, 4) is 0 Å². The minimum atomic E-state index is -0.730. The molecule has 2 fully saturated rings. The molecule has 1 aliphatic heterocycles. The van der Waals surface area contributed by atoms with Gasteiger partial charge in [0.25, 0.3) is 0 Å². The predicted molar refractivity (Wildman–Crippen MR) is 55.6 cm³/mol. The van der Waals surface area contributed by atoms with Crippen molar-refractivity contribution in [2.24, 2.45) is 5.41 Å². The van der Waals surface area contributed by atoms with E-state index in [1.165, 1.54) is 0 Å². The van der Waals surface area contributed by atoms with E-state index in [4.69, 9.17) is 0 Å². The monoisotopic (exact) mass is 213 g/mol. The van der Waals surface area contributed by atoms with Crippen molar-refractivity contribution in [1.29, 1.82) is 0 Å². The molecule has 1 aliphatic carbocycles. The molecule has 4 nitrogen and oxygen atoms in total. The molecule has 0 aromatic carbocycles. The Bertz CT molecular complexity index is 261. The van der Waals surface area contributed by atoms with E-state index in [0.29, 0.717) is 12.8 Å². The maximum absolute atomic E-state index is 11.4. The Labute approximate surface area is 89.9 Å². The van der Waals surface area contributed by atoms with Crippen LogP contribution in [-0.2, 0) is 4.79 Å². The van der Waals surface area contributed by atoms with Gasteiger partial charge in [-0.05, 0) is 39.3 Å². The first-order valence-electron chi connectivity index (χ1n) is 5.68. The molecule has 15 heavy (non-hydrogen) atoms. The Morgan fingerprint density at radius 1 is 1.40 bits per heavy atom. The standard InChI is InChI=1S/C11H19NO3/c1-12-5-3-2-4-9(12)11(10(14)15)6-8(13)7-11/h8-9,13H,2-7H2,1H3,(H,14,15). The molecule has 1 unspecified atom stereocenters. The van der Waals surface area contributed by atoms with Gasteiger partial charge in [-0.15, -0.1) is 0 Å². The van der Waals surface area contributed by atoms with Crippen molar-refractivity contribution >= 4 is 5.97 Å². The summed E-state index contributed by atoms with van der Waals surface area (Å²) < 4.78 is 0. The lowest BCUT2D eigenvalue weighted by atomic mass is 9.60. The van der Waals surface area contributed by atoms with E-state index in [2.05, 4.69) is 4.90 Å². The minimum Gasteiger partial charge on any atom is -0.481 e. The van der Waals surface area contributed by atoms with E-state index in [-0.39, 0.29) is 6.04 Å². The molecule has 2 aliphatic rings. The minimum absolute atomic E-state index is 0.118. The molecule has 0 radical (unpaired) electrons. The molecule has 1 atom stereocenters. The van der Waals surface area contributed by atoms with Crippen LogP contribution in [0.15, 0.2) is 0 Å². The summed E-state index contributed by atoms with van der Waals surface area (Å²) in [6, 6.07) is 0.118. The summed E-state index contributed by atoms with van der Waals surface area (Å²) in [5, 5.41) is 18.7. The lowest BCUT2D eigenvalue weighted by Gasteiger charge is -2.51. The van der Waals surface area contributed by atoms with Crippen LogP contribution in [0.5, 0.6) is 0 Å². The maximum atomic E-state index is 11.4. The van der Waals surface area contributed by atoms with E-state index in [9.17, 15) is 15.0 Å². The van der Waals surface area contributed by atoms with Crippen molar-refractivity contribution in [3.63, 3.8) is 0 Å². The van der Waals surface area contributed by atoms with Crippen molar-refractivity contribution in [2.75, 3.05) is 13.6 Å². The molecule has 0 aromatic heterocycles. The molecule has 0 aromatic rings. The van der Waals surface area contributed by atoms with Crippen LogP contribution in [0.25, 0.3) is 0 Å². The van der Waals surface area contributed by atoms with Crippen molar-refractivity contribution in [3.05, 3.63) is 0 Å². The Morgan fingerprint density at radius 3 is 2.53 bits per heavy atom. The molecule has 2 N–H and O–H groups in total. The van der Waals surface area contributed by atoms with Crippen molar-refractivity contribution in [2.45, 2.75) is 44.2 Å².